The summed E-state index contributed by atoms with van der Waals surface area (Å²) in [7, 11) is 0. The summed E-state index contributed by atoms with van der Waals surface area (Å²) in [4.78, 5) is 0. The van der Waals surface area contributed by atoms with E-state index in [2.05, 4.69) is 20.7 Å². The predicted octanol–water partition coefficient (Wildman–Crippen LogP) is 3.60. The summed E-state index contributed by atoms with van der Waals surface area (Å²) in [5, 5.41) is -0.986. The van der Waals surface area contributed by atoms with E-state index < -0.39 is 11.4 Å². The van der Waals surface area contributed by atoms with Gasteiger partial charge in [-0.1, -0.05) is 35.0 Å². The van der Waals surface area contributed by atoms with E-state index in [0.717, 1.165) is 6.42 Å². The first-order valence-corrected chi connectivity index (χ1v) is 4.41. The zero-order chi connectivity index (χ0) is 9.61. The number of rotatable bonds is 4. The van der Waals surface area contributed by atoms with Crippen LogP contribution in [0.15, 0.2) is 12.2 Å². The van der Waals surface area contributed by atoms with Crippen molar-refractivity contribution < 1.29 is 17.9 Å². The Morgan fingerprint density at radius 2 is 2.00 bits per heavy atom. The Labute approximate surface area is 77.7 Å². The van der Waals surface area contributed by atoms with Crippen molar-refractivity contribution in [3.05, 3.63) is 12.2 Å². The highest BCUT2D eigenvalue weighted by Gasteiger charge is 2.31. The molecular weight excluding hydrogens is 237 g/mol. The van der Waals surface area contributed by atoms with Gasteiger partial charge in [0.2, 0.25) is 0 Å². The van der Waals surface area contributed by atoms with Gasteiger partial charge in [0.05, 0.1) is 0 Å². The van der Waals surface area contributed by atoms with E-state index in [9.17, 15) is 13.2 Å². The number of hydrogen-bond donors (Lipinski definition) is 0. The fraction of sp³-hybridized carbons (Fsp3) is 0.714. The molecule has 0 aliphatic carbocycles. The molecule has 0 aromatic heterocycles. The molecule has 0 saturated carbocycles. The largest absolute Gasteiger partial charge is 0.523 e. The van der Waals surface area contributed by atoms with Crippen LogP contribution in [0.25, 0.3) is 0 Å². The molecule has 1 nitrogen and oxygen atoms in total. The van der Waals surface area contributed by atoms with Crippen molar-refractivity contribution in [3.8, 4) is 0 Å². The molecule has 0 fully saturated rings. The Balaban J connectivity index is 3.60. The van der Waals surface area contributed by atoms with Crippen LogP contribution in [0.5, 0.6) is 0 Å². The molecule has 0 aromatic carbocycles. The molecular formula is C7H10BrF3O. The molecule has 1 unspecified atom stereocenters. The van der Waals surface area contributed by atoms with Gasteiger partial charge < -0.3 is 0 Å². The van der Waals surface area contributed by atoms with Crippen molar-refractivity contribution in [3.63, 3.8) is 0 Å². The maximum absolute atomic E-state index is 11.5. The summed E-state index contributed by atoms with van der Waals surface area (Å²) in [5.41, 5.74) is 0. The summed E-state index contributed by atoms with van der Waals surface area (Å²) in [6.45, 7) is 1.91. The Hall–Kier alpha value is -0.0300. The number of alkyl halides is 4. The highest BCUT2D eigenvalue weighted by atomic mass is 79.9. The molecule has 0 aliphatic rings. The summed E-state index contributed by atoms with van der Waals surface area (Å²) in [6.07, 6.45) is -0.105. The quantitative estimate of drug-likeness (QED) is 0.544. The van der Waals surface area contributed by atoms with Crippen LogP contribution < -0.4 is 0 Å². The zero-order valence-corrected chi connectivity index (χ0v) is 8.15. The van der Waals surface area contributed by atoms with E-state index in [1.54, 1.807) is 12.2 Å². The standard InChI is InChI=1S/C7H10BrF3O/c1-2-3-4-5-6(8)12-7(9,10)11/h3-4,6H,2,5H2,1H3/b4-3-. The average molecular weight is 247 g/mol. The molecule has 0 rings (SSSR count). The monoisotopic (exact) mass is 246 g/mol. The van der Waals surface area contributed by atoms with Crippen LogP contribution in [0, 0.1) is 0 Å². The van der Waals surface area contributed by atoms with Gasteiger partial charge in [0, 0.05) is 6.42 Å². The molecule has 1 atom stereocenters. The minimum Gasteiger partial charge on any atom is -0.277 e. The molecule has 72 valence electrons. The second kappa shape index (κ2) is 5.59. The predicted molar refractivity (Wildman–Crippen MR) is 43.9 cm³/mol. The molecule has 12 heavy (non-hydrogen) atoms. The van der Waals surface area contributed by atoms with Gasteiger partial charge in [0.25, 0.3) is 0 Å². The highest BCUT2D eigenvalue weighted by molar-refractivity contribution is 9.09. The van der Waals surface area contributed by atoms with Crippen LogP contribution in [0.2, 0.25) is 0 Å². The second-order valence-electron chi connectivity index (χ2n) is 2.09. The minimum atomic E-state index is -4.56. The Kier molecular flexibility index (Phi) is 5.57. The van der Waals surface area contributed by atoms with Gasteiger partial charge in [0.15, 0.2) is 0 Å². The zero-order valence-electron chi connectivity index (χ0n) is 6.57. The molecule has 0 bridgehead atoms. The Morgan fingerprint density at radius 3 is 2.42 bits per heavy atom. The summed E-state index contributed by atoms with van der Waals surface area (Å²) >= 11 is 2.75. The maximum Gasteiger partial charge on any atom is 0.523 e. The number of ether oxygens (including phenoxy) is 1. The van der Waals surface area contributed by atoms with Crippen molar-refractivity contribution in [1.29, 1.82) is 0 Å². The van der Waals surface area contributed by atoms with E-state index in [1.807, 2.05) is 6.92 Å². The lowest BCUT2D eigenvalue weighted by Gasteiger charge is -2.11. The molecule has 0 N–H and O–H groups in total. The number of halogens is 4. The summed E-state index contributed by atoms with van der Waals surface area (Å²) < 4.78 is 38.3. The van der Waals surface area contributed by atoms with Gasteiger partial charge in [-0.25, -0.2) is 0 Å². The van der Waals surface area contributed by atoms with Crippen LogP contribution in [-0.2, 0) is 4.74 Å². The van der Waals surface area contributed by atoms with E-state index in [-0.39, 0.29) is 6.42 Å². The third-order valence-corrected chi connectivity index (χ3v) is 1.55. The topological polar surface area (TPSA) is 9.23 Å². The first kappa shape index (κ1) is 12.0. The third-order valence-electron chi connectivity index (χ3n) is 0.985. The van der Waals surface area contributed by atoms with E-state index in [4.69, 9.17) is 0 Å². The van der Waals surface area contributed by atoms with Crippen molar-refractivity contribution >= 4 is 15.9 Å². The molecule has 0 aromatic rings. The Morgan fingerprint density at radius 1 is 1.42 bits per heavy atom. The molecule has 0 spiro atoms. The van der Waals surface area contributed by atoms with Gasteiger partial charge in [-0.05, 0) is 6.42 Å². The van der Waals surface area contributed by atoms with Gasteiger partial charge in [-0.15, -0.1) is 13.2 Å². The first-order chi connectivity index (χ1) is 5.45. The molecule has 5 heteroatoms. The average Bonchev–Trinajstić information content (AvgIpc) is 1.84. The third kappa shape index (κ3) is 8.07. The van der Waals surface area contributed by atoms with Crippen LogP contribution in [-0.4, -0.2) is 11.4 Å². The fourth-order valence-electron chi connectivity index (χ4n) is 0.563. The van der Waals surface area contributed by atoms with Crippen molar-refractivity contribution in [1.82, 2.24) is 0 Å². The molecule has 0 radical (unpaired) electrons. The van der Waals surface area contributed by atoms with Crippen molar-refractivity contribution in [2.75, 3.05) is 0 Å². The molecule has 0 saturated heterocycles. The Bertz CT molecular complexity index is 144. The summed E-state index contributed by atoms with van der Waals surface area (Å²) in [6, 6.07) is 0. The van der Waals surface area contributed by atoms with Crippen LogP contribution >= 0.6 is 15.9 Å². The van der Waals surface area contributed by atoms with E-state index in [0.29, 0.717) is 0 Å². The highest BCUT2D eigenvalue weighted by Crippen LogP contribution is 2.23. The van der Waals surface area contributed by atoms with Gasteiger partial charge >= 0.3 is 6.36 Å². The number of hydrogen-bond acceptors (Lipinski definition) is 1. The minimum absolute atomic E-state index is 0.216. The molecule has 0 aliphatic heterocycles. The lowest BCUT2D eigenvalue weighted by atomic mass is 10.3. The van der Waals surface area contributed by atoms with Gasteiger partial charge in [-0.3, -0.25) is 4.74 Å². The lowest BCUT2D eigenvalue weighted by Crippen LogP contribution is -2.18. The smallest absolute Gasteiger partial charge is 0.277 e. The SMILES string of the molecule is CC/C=C\CC(Br)OC(F)(F)F. The normalized spacial score (nSPS) is 15.4. The molecule has 0 heterocycles. The molecule has 0 amide bonds. The second-order valence-corrected chi connectivity index (χ2v) is 3.11. The first-order valence-electron chi connectivity index (χ1n) is 3.49. The lowest BCUT2D eigenvalue weighted by molar-refractivity contribution is -0.328. The van der Waals surface area contributed by atoms with Crippen molar-refractivity contribution in [2.24, 2.45) is 0 Å². The van der Waals surface area contributed by atoms with Gasteiger partial charge in [0.1, 0.15) is 5.01 Å². The van der Waals surface area contributed by atoms with Crippen molar-refractivity contribution in [2.45, 2.75) is 31.1 Å². The summed E-state index contributed by atoms with van der Waals surface area (Å²) in [5.74, 6) is 0. The van der Waals surface area contributed by atoms with Crippen LogP contribution in [0.4, 0.5) is 13.2 Å². The van der Waals surface area contributed by atoms with Gasteiger partial charge in [-0.2, -0.15) is 0 Å². The fourth-order valence-corrected chi connectivity index (χ4v) is 0.991. The van der Waals surface area contributed by atoms with Crippen LogP contribution in [0.3, 0.4) is 0 Å². The maximum atomic E-state index is 11.5. The van der Waals surface area contributed by atoms with E-state index >= 15 is 0 Å². The van der Waals surface area contributed by atoms with E-state index in [1.165, 1.54) is 0 Å². The number of allylic oxidation sites excluding steroid dienone is 1. The van der Waals surface area contributed by atoms with Crippen LogP contribution in [0.1, 0.15) is 19.8 Å².